The Morgan fingerprint density at radius 1 is 1.36 bits per heavy atom. The molecule has 1 aliphatic carbocycles. The Bertz CT molecular complexity index is 650. The third kappa shape index (κ3) is 3.62. The molecule has 2 aromatic rings. The van der Waals surface area contributed by atoms with Crippen LogP contribution >= 0.6 is 11.3 Å². The van der Waals surface area contributed by atoms with E-state index in [4.69, 9.17) is 4.74 Å². The maximum Gasteiger partial charge on any atom is 0.230 e. The van der Waals surface area contributed by atoms with Gasteiger partial charge in [-0.3, -0.25) is 4.79 Å². The molecule has 1 amide bonds. The molecule has 0 bridgehead atoms. The van der Waals surface area contributed by atoms with Crippen molar-refractivity contribution in [3.05, 3.63) is 34.8 Å². The van der Waals surface area contributed by atoms with Crippen LogP contribution in [-0.4, -0.2) is 23.2 Å². The van der Waals surface area contributed by atoms with Gasteiger partial charge in [-0.15, -0.1) is 10.2 Å². The summed E-state index contributed by atoms with van der Waals surface area (Å²) >= 11 is 1.50. The number of methoxy groups -OCH3 is 1. The Morgan fingerprint density at radius 3 is 2.95 bits per heavy atom. The van der Waals surface area contributed by atoms with E-state index in [-0.39, 0.29) is 5.91 Å². The number of amides is 1. The highest BCUT2D eigenvalue weighted by atomic mass is 32.1. The average Bonchev–Trinajstić information content (AvgIpc) is 3.18. The van der Waals surface area contributed by atoms with Gasteiger partial charge in [-0.25, -0.2) is 0 Å². The van der Waals surface area contributed by atoms with Crippen LogP contribution in [0.5, 0.6) is 5.75 Å². The number of aromatic nitrogens is 2. The Kier molecular flexibility index (Phi) is 4.68. The normalized spacial score (nSPS) is 15.0. The minimum Gasteiger partial charge on any atom is -0.497 e. The fraction of sp³-hybridized carbons (Fsp3) is 0.438. The van der Waals surface area contributed by atoms with Crippen LogP contribution in [0.3, 0.4) is 0 Å². The van der Waals surface area contributed by atoms with Gasteiger partial charge < -0.3 is 10.1 Å². The van der Waals surface area contributed by atoms with E-state index < -0.39 is 0 Å². The number of rotatable bonds is 5. The molecule has 0 unspecified atom stereocenters. The lowest BCUT2D eigenvalue weighted by molar-refractivity contribution is -0.115. The summed E-state index contributed by atoms with van der Waals surface area (Å²) in [7, 11) is 1.62. The molecule has 116 valence electrons. The molecule has 1 saturated carbocycles. The van der Waals surface area contributed by atoms with E-state index in [0.29, 0.717) is 17.5 Å². The number of hydrogen-bond acceptors (Lipinski definition) is 5. The van der Waals surface area contributed by atoms with E-state index >= 15 is 0 Å². The van der Waals surface area contributed by atoms with Gasteiger partial charge >= 0.3 is 0 Å². The minimum atomic E-state index is -0.0811. The highest BCUT2D eigenvalue weighted by Gasteiger charge is 2.21. The van der Waals surface area contributed by atoms with Crippen LogP contribution in [0.1, 0.15) is 42.2 Å². The molecule has 22 heavy (non-hydrogen) atoms. The number of carbonyl (C=O) groups excluding carboxylic acids is 1. The molecule has 1 heterocycles. The predicted octanol–water partition coefficient (Wildman–Crippen LogP) is 3.39. The van der Waals surface area contributed by atoms with Crippen molar-refractivity contribution in [3.63, 3.8) is 0 Å². The Labute approximate surface area is 133 Å². The number of anilines is 1. The first-order valence-electron chi connectivity index (χ1n) is 7.51. The first-order chi connectivity index (χ1) is 10.7. The molecule has 1 aromatic heterocycles. The van der Waals surface area contributed by atoms with E-state index in [9.17, 15) is 4.79 Å². The van der Waals surface area contributed by atoms with Crippen molar-refractivity contribution in [3.8, 4) is 5.75 Å². The third-order valence-corrected chi connectivity index (χ3v) is 4.89. The molecule has 0 saturated heterocycles. The maximum absolute atomic E-state index is 12.1. The van der Waals surface area contributed by atoms with Gasteiger partial charge in [-0.1, -0.05) is 36.3 Å². The summed E-state index contributed by atoms with van der Waals surface area (Å²) in [4.78, 5) is 12.1. The fourth-order valence-corrected chi connectivity index (χ4v) is 3.68. The topological polar surface area (TPSA) is 64.1 Å². The molecule has 0 radical (unpaired) electrons. The predicted molar refractivity (Wildman–Crippen MR) is 86.4 cm³/mol. The number of nitrogens with one attached hydrogen (secondary N) is 1. The van der Waals surface area contributed by atoms with Gasteiger partial charge in [-0.05, 0) is 30.5 Å². The second-order valence-electron chi connectivity index (χ2n) is 5.50. The summed E-state index contributed by atoms with van der Waals surface area (Å²) < 4.78 is 5.16. The number of ether oxygens (including phenoxy) is 1. The SMILES string of the molecule is COc1cccc(CC(=O)Nc2nnc(C3CCCC3)s2)c1. The number of hydrogen-bond donors (Lipinski definition) is 1. The van der Waals surface area contributed by atoms with Crippen molar-refractivity contribution in [2.24, 2.45) is 0 Å². The van der Waals surface area contributed by atoms with E-state index in [1.165, 1.54) is 37.0 Å². The van der Waals surface area contributed by atoms with Gasteiger partial charge in [0.25, 0.3) is 0 Å². The second kappa shape index (κ2) is 6.87. The van der Waals surface area contributed by atoms with Gasteiger partial charge in [0.05, 0.1) is 13.5 Å². The monoisotopic (exact) mass is 317 g/mol. The Hall–Kier alpha value is -1.95. The zero-order valence-corrected chi connectivity index (χ0v) is 13.4. The van der Waals surface area contributed by atoms with Gasteiger partial charge in [0.15, 0.2) is 0 Å². The smallest absolute Gasteiger partial charge is 0.230 e. The van der Waals surface area contributed by atoms with Crippen LogP contribution in [0.25, 0.3) is 0 Å². The van der Waals surface area contributed by atoms with Crippen LogP contribution in [0.15, 0.2) is 24.3 Å². The molecule has 3 rings (SSSR count). The lowest BCUT2D eigenvalue weighted by atomic mass is 10.1. The number of benzene rings is 1. The standard InChI is InChI=1S/C16H19N3O2S/c1-21-13-8-4-5-11(9-13)10-14(20)17-16-19-18-15(22-16)12-6-2-3-7-12/h4-5,8-9,12H,2-3,6-7,10H2,1H3,(H,17,19,20). The Morgan fingerprint density at radius 2 is 2.18 bits per heavy atom. The average molecular weight is 317 g/mol. The summed E-state index contributed by atoms with van der Waals surface area (Å²) in [5, 5.41) is 12.8. The molecule has 0 spiro atoms. The van der Waals surface area contributed by atoms with E-state index in [1.54, 1.807) is 7.11 Å². The summed E-state index contributed by atoms with van der Waals surface area (Å²) in [6.45, 7) is 0. The quantitative estimate of drug-likeness (QED) is 0.918. The molecule has 0 aliphatic heterocycles. The lowest BCUT2D eigenvalue weighted by Gasteiger charge is -2.04. The molecule has 1 N–H and O–H groups in total. The summed E-state index contributed by atoms with van der Waals surface area (Å²) in [5.74, 6) is 1.20. The van der Waals surface area contributed by atoms with Crippen molar-refractivity contribution in [2.75, 3.05) is 12.4 Å². The van der Waals surface area contributed by atoms with E-state index in [0.717, 1.165) is 16.3 Å². The van der Waals surface area contributed by atoms with Crippen molar-refractivity contribution in [1.29, 1.82) is 0 Å². The molecule has 1 fully saturated rings. The molecule has 0 atom stereocenters. The molecular weight excluding hydrogens is 298 g/mol. The molecule has 6 heteroatoms. The summed E-state index contributed by atoms with van der Waals surface area (Å²) in [6, 6.07) is 7.51. The zero-order chi connectivity index (χ0) is 15.4. The fourth-order valence-electron chi connectivity index (χ4n) is 2.75. The third-order valence-electron chi connectivity index (χ3n) is 3.89. The summed E-state index contributed by atoms with van der Waals surface area (Å²) in [5.41, 5.74) is 0.914. The highest BCUT2D eigenvalue weighted by Crippen LogP contribution is 2.36. The van der Waals surface area contributed by atoms with Crippen LogP contribution in [0.4, 0.5) is 5.13 Å². The second-order valence-corrected chi connectivity index (χ2v) is 6.51. The van der Waals surface area contributed by atoms with Crippen LogP contribution in [0, 0.1) is 0 Å². The van der Waals surface area contributed by atoms with Crippen molar-refractivity contribution < 1.29 is 9.53 Å². The van der Waals surface area contributed by atoms with E-state index in [2.05, 4.69) is 15.5 Å². The minimum absolute atomic E-state index is 0.0811. The molecular formula is C16H19N3O2S. The van der Waals surface area contributed by atoms with Crippen LogP contribution < -0.4 is 10.1 Å². The largest absolute Gasteiger partial charge is 0.497 e. The zero-order valence-electron chi connectivity index (χ0n) is 12.5. The van der Waals surface area contributed by atoms with Gasteiger partial charge in [0, 0.05) is 5.92 Å². The van der Waals surface area contributed by atoms with Crippen molar-refractivity contribution >= 4 is 22.4 Å². The van der Waals surface area contributed by atoms with Crippen molar-refractivity contribution in [2.45, 2.75) is 38.0 Å². The highest BCUT2D eigenvalue weighted by molar-refractivity contribution is 7.15. The van der Waals surface area contributed by atoms with Gasteiger partial charge in [0.2, 0.25) is 11.0 Å². The van der Waals surface area contributed by atoms with Crippen molar-refractivity contribution in [1.82, 2.24) is 10.2 Å². The first-order valence-corrected chi connectivity index (χ1v) is 8.32. The molecule has 5 nitrogen and oxygen atoms in total. The van der Waals surface area contributed by atoms with Crippen LogP contribution in [-0.2, 0) is 11.2 Å². The number of nitrogens with zero attached hydrogens (tertiary/aromatic N) is 2. The van der Waals surface area contributed by atoms with E-state index in [1.807, 2.05) is 24.3 Å². The Balaban J connectivity index is 1.59. The van der Waals surface area contributed by atoms with Crippen LogP contribution in [0.2, 0.25) is 0 Å². The number of carbonyl (C=O) groups is 1. The molecule has 1 aliphatic rings. The molecule has 1 aromatic carbocycles. The summed E-state index contributed by atoms with van der Waals surface area (Å²) in [6.07, 6.45) is 5.21. The maximum atomic E-state index is 12.1. The van der Waals surface area contributed by atoms with Gasteiger partial charge in [0.1, 0.15) is 10.8 Å². The first kappa shape index (κ1) is 15.0. The van der Waals surface area contributed by atoms with Gasteiger partial charge in [-0.2, -0.15) is 0 Å². The lowest BCUT2D eigenvalue weighted by Crippen LogP contribution is -2.14.